The number of furan rings is 1. The summed E-state index contributed by atoms with van der Waals surface area (Å²) in [6, 6.07) is 0. The Balaban J connectivity index is 3.54. The first-order valence-electron chi connectivity index (χ1n) is 14.2. The van der Waals surface area contributed by atoms with Crippen LogP contribution < -0.4 is 7.16 Å². The van der Waals surface area contributed by atoms with Gasteiger partial charge in [0.25, 0.3) is 0 Å². The quantitative estimate of drug-likeness (QED) is 0.129. The molecule has 0 aliphatic carbocycles. The number of rotatable bonds is 20. The number of unbranched alkanes of at least 4 members (excludes halogenated alkanes) is 6. The van der Waals surface area contributed by atoms with E-state index in [0.29, 0.717) is 0 Å². The summed E-state index contributed by atoms with van der Waals surface area (Å²) < 4.78 is 19.6. The molecule has 0 atom stereocenters. The molecular weight excluding hydrogens is 590 g/mol. The predicted octanol–water partition coefficient (Wildman–Crippen LogP) is 9.39. The summed E-state index contributed by atoms with van der Waals surface area (Å²) in [5.41, 5.74) is 0. The van der Waals surface area contributed by atoms with E-state index in [9.17, 15) is 0 Å². The molecule has 0 radical (unpaired) electrons. The third-order valence-electron chi connectivity index (χ3n) is 7.86. The van der Waals surface area contributed by atoms with E-state index in [1.807, 2.05) is 7.16 Å². The average Bonchev–Trinajstić information content (AvgIpc) is 3.30. The van der Waals surface area contributed by atoms with Gasteiger partial charge in [-0.3, -0.25) is 0 Å². The third-order valence-corrected chi connectivity index (χ3v) is 41.1. The van der Waals surface area contributed by atoms with E-state index in [-0.39, 0.29) is 0 Å². The molecule has 31 heavy (non-hydrogen) atoms. The summed E-state index contributed by atoms with van der Waals surface area (Å²) in [5, 5.41) is 0. The summed E-state index contributed by atoms with van der Waals surface area (Å²) in [6.45, 7) is 14.4. The van der Waals surface area contributed by atoms with Crippen LogP contribution in [0.5, 0.6) is 0 Å². The van der Waals surface area contributed by atoms with E-state index in [0.717, 1.165) is 0 Å². The Kier molecular flexibility index (Phi) is 16.7. The van der Waals surface area contributed by atoms with E-state index in [2.05, 4.69) is 54.1 Å². The molecule has 0 fully saturated rings. The first kappa shape index (κ1) is 29.9. The first-order valence-corrected chi connectivity index (χ1v) is 29.1. The second-order valence-electron chi connectivity index (χ2n) is 10.4. The Morgan fingerprint density at radius 2 is 0.677 bits per heavy atom. The zero-order chi connectivity index (χ0) is 23.0. The van der Waals surface area contributed by atoms with Crippen LogP contribution in [0.1, 0.15) is 119 Å². The van der Waals surface area contributed by atoms with Gasteiger partial charge >= 0.3 is 206 Å². The van der Waals surface area contributed by atoms with Crippen molar-refractivity contribution in [2.45, 2.75) is 145 Å². The topological polar surface area (TPSA) is 13.1 Å². The van der Waals surface area contributed by atoms with Crippen LogP contribution in [-0.4, -0.2) is 36.8 Å². The molecule has 0 spiro atoms. The molecule has 1 nitrogen and oxygen atoms in total. The fourth-order valence-corrected chi connectivity index (χ4v) is 47.9. The summed E-state index contributed by atoms with van der Waals surface area (Å²) in [5.74, 6) is 0. The second kappa shape index (κ2) is 17.3. The molecule has 0 N–H and O–H groups in total. The van der Waals surface area contributed by atoms with Gasteiger partial charge in [0.2, 0.25) is 0 Å². The van der Waals surface area contributed by atoms with Gasteiger partial charge in [0.05, 0.1) is 0 Å². The number of hydrogen-bond acceptors (Lipinski definition) is 1. The second-order valence-corrected chi connectivity index (χ2v) is 36.6. The molecule has 182 valence electrons. The molecule has 0 saturated heterocycles. The molecule has 3 heteroatoms. The van der Waals surface area contributed by atoms with Gasteiger partial charge in [-0.05, 0) is 0 Å². The maximum atomic E-state index is 6.24. The molecule has 0 aliphatic rings. The van der Waals surface area contributed by atoms with Gasteiger partial charge in [-0.25, -0.2) is 0 Å². The molecule has 1 aromatic rings. The molecular formula is C28H56OSn2. The first-order chi connectivity index (χ1) is 15.1. The maximum absolute atomic E-state index is 6.24. The molecule has 1 aromatic heterocycles. The van der Waals surface area contributed by atoms with Crippen molar-refractivity contribution in [2.75, 3.05) is 0 Å². The van der Waals surface area contributed by atoms with Crippen molar-refractivity contribution in [3.05, 3.63) is 12.5 Å². The van der Waals surface area contributed by atoms with E-state index in [4.69, 9.17) is 4.42 Å². The van der Waals surface area contributed by atoms with Crippen LogP contribution in [0.4, 0.5) is 0 Å². The van der Waals surface area contributed by atoms with E-state index in [1.165, 1.54) is 77.0 Å². The average molecular weight is 646 g/mol. The van der Waals surface area contributed by atoms with E-state index < -0.39 is 36.8 Å². The van der Waals surface area contributed by atoms with Crippen LogP contribution in [0.2, 0.25) is 26.6 Å². The molecule has 0 bridgehead atoms. The van der Waals surface area contributed by atoms with Crippen molar-refractivity contribution >= 4 is 43.9 Å². The molecule has 0 amide bonds. The Hall–Kier alpha value is 0.877. The summed E-state index contributed by atoms with van der Waals surface area (Å²) in [7, 11) is 0. The zero-order valence-corrected chi connectivity index (χ0v) is 28.0. The fourth-order valence-electron chi connectivity index (χ4n) is 5.77. The summed E-state index contributed by atoms with van der Waals surface area (Å²) in [4.78, 5) is 0. The standard InChI is InChI=1S/C4H2O.6C4H9.2Sn/c1-2-4-5-3-1;6*1-3-4-2;;/h3-4H;6*1,3-4H2,2H3;;. The Morgan fingerprint density at radius 3 is 0.871 bits per heavy atom. The minimum atomic E-state index is -2.45. The Labute approximate surface area is 204 Å². The van der Waals surface area contributed by atoms with Crippen LogP contribution in [0.3, 0.4) is 0 Å². The monoisotopic (exact) mass is 648 g/mol. The Morgan fingerprint density at radius 1 is 0.452 bits per heavy atom. The normalized spacial score (nSPS) is 12.6. The molecule has 0 aliphatic heterocycles. The van der Waals surface area contributed by atoms with Crippen molar-refractivity contribution in [2.24, 2.45) is 0 Å². The molecule has 0 unspecified atom stereocenters. The van der Waals surface area contributed by atoms with E-state index >= 15 is 0 Å². The summed E-state index contributed by atoms with van der Waals surface area (Å²) >= 11 is -4.90. The van der Waals surface area contributed by atoms with Crippen molar-refractivity contribution in [3.63, 3.8) is 0 Å². The van der Waals surface area contributed by atoms with Gasteiger partial charge < -0.3 is 0 Å². The molecule has 1 heterocycles. The van der Waals surface area contributed by atoms with Crippen molar-refractivity contribution in [1.82, 2.24) is 0 Å². The molecule has 1 rings (SSSR count). The van der Waals surface area contributed by atoms with Gasteiger partial charge in [-0.1, -0.05) is 0 Å². The van der Waals surface area contributed by atoms with Crippen LogP contribution in [0.25, 0.3) is 0 Å². The van der Waals surface area contributed by atoms with Crippen LogP contribution in [0, 0.1) is 0 Å². The van der Waals surface area contributed by atoms with Gasteiger partial charge in [0.15, 0.2) is 0 Å². The van der Waals surface area contributed by atoms with Crippen molar-refractivity contribution in [3.8, 4) is 0 Å². The number of hydrogen-bond donors (Lipinski definition) is 0. The van der Waals surface area contributed by atoms with Gasteiger partial charge in [0, 0.05) is 0 Å². The fraction of sp³-hybridized carbons (Fsp3) is 0.857. The summed E-state index contributed by atoms with van der Waals surface area (Å²) in [6.07, 6.45) is 21.6. The van der Waals surface area contributed by atoms with Crippen molar-refractivity contribution < 1.29 is 4.42 Å². The molecule has 0 aromatic carbocycles. The predicted molar refractivity (Wildman–Crippen MR) is 148 cm³/mol. The SMILES string of the molecule is CCC[CH2][Sn]([CH2]CCC)([CH2]CCC)[c]1coc[c]1[Sn]([CH2]CCC)([CH2]CCC)[CH2]CCC. The Bertz CT molecular complexity index is 461. The van der Waals surface area contributed by atoms with Gasteiger partial charge in [-0.15, -0.1) is 0 Å². The third kappa shape index (κ3) is 9.21. The zero-order valence-electron chi connectivity index (χ0n) is 22.3. The molecule has 0 saturated carbocycles. The van der Waals surface area contributed by atoms with Crippen LogP contribution in [0.15, 0.2) is 16.9 Å². The van der Waals surface area contributed by atoms with E-state index in [1.54, 1.807) is 26.6 Å². The minimum absolute atomic E-state index is 1.36. The van der Waals surface area contributed by atoms with Crippen molar-refractivity contribution in [1.29, 1.82) is 0 Å². The van der Waals surface area contributed by atoms with Gasteiger partial charge in [0.1, 0.15) is 0 Å². The van der Waals surface area contributed by atoms with Gasteiger partial charge in [-0.2, -0.15) is 0 Å². The van der Waals surface area contributed by atoms with Crippen LogP contribution in [-0.2, 0) is 0 Å². The van der Waals surface area contributed by atoms with Crippen LogP contribution >= 0.6 is 0 Å².